The minimum Gasteiger partial charge on any atom is -0.206 e. The van der Waals surface area contributed by atoms with Crippen molar-refractivity contribution >= 4 is 10.8 Å². The standard InChI is InChI=1S/C29H32F4/c1-2-3-4-5-19-6-9-21(10-7-19)23-14-15-25-24(18-23)13-12-22(28(25)32)11-8-20-16-26(30)29(33)27(31)17-20/h12-19,21H,2-11H2,1H3/t19-,21-. The summed E-state index contributed by atoms with van der Waals surface area (Å²) in [6.07, 6.45) is 10.8. The van der Waals surface area contributed by atoms with Gasteiger partial charge in [-0.15, -0.1) is 0 Å². The summed E-state index contributed by atoms with van der Waals surface area (Å²) in [5, 5.41) is 1.46. The zero-order valence-corrected chi connectivity index (χ0v) is 19.3. The molecule has 0 nitrogen and oxygen atoms in total. The molecule has 1 aliphatic rings. The highest BCUT2D eigenvalue weighted by molar-refractivity contribution is 5.84. The zero-order chi connectivity index (χ0) is 23.4. The van der Waals surface area contributed by atoms with Gasteiger partial charge in [0.05, 0.1) is 0 Å². The van der Waals surface area contributed by atoms with Crippen LogP contribution in [0, 0.1) is 29.2 Å². The summed E-state index contributed by atoms with van der Waals surface area (Å²) < 4.78 is 55.2. The van der Waals surface area contributed by atoms with Crippen LogP contribution >= 0.6 is 0 Å². The highest BCUT2D eigenvalue weighted by atomic mass is 19.2. The molecule has 0 atom stereocenters. The molecule has 0 N–H and O–H groups in total. The fraction of sp³-hybridized carbons (Fsp3) is 0.448. The molecule has 4 rings (SSSR count). The van der Waals surface area contributed by atoms with Gasteiger partial charge >= 0.3 is 0 Å². The second kappa shape index (κ2) is 10.7. The van der Waals surface area contributed by atoms with Gasteiger partial charge in [-0.25, -0.2) is 17.6 Å². The van der Waals surface area contributed by atoms with Crippen molar-refractivity contribution in [1.82, 2.24) is 0 Å². The summed E-state index contributed by atoms with van der Waals surface area (Å²) in [6, 6.07) is 11.7. The first-order chi connectivity index (χ1) is 16.0. The van der Waals surface area contributed by atoms with E-state index in [-0.39, 0.29) is 18.7 Å². The Hall–Kier alpha value is -2.36. The van der Waals surface area contributed by atoms with Crippen LogP contribution < -0.4 is 0 Å². The molecule has 0 aliphatic heterocycles. The lowest BCUT2D eigenvalue weighted by Crippen LogP contribution is -2.13. The molecule has 176 valence electrons. The lowest BCUT2D eigenvalue weighted by Gasteiger charge is -2.29. The molecule has 0 unspecified atom stereocenters. The van der Waals surface area contributed by atoms with E-state index < -0.39 is 17.5 Å². The van der Waals surface area contributed by atoms with Crippen LogP contribution in [0.4, 0.5) is 17.6 Å². The lowest BCUT2D eigenvalue weighted by atomic mass is 9.76. The van der Waals surface area contributed by atoms with Gasteiger partial charge in [-0.2, -0.15) is 0 Å². The Morgan fingerprint density at radius 3 is 2.18 bits per heavy atom. The van der Waals surface area contributed by atoms with Gasteiger partial charge in [0, 0.05) is 5.39 Å². The van der Waals surface area contributed by atoms with Gasteiger partial charge in [0.1, 0.15) is 5.82 Å². The molecule has 1 fully saturated rings. The molecule has 1 saturated carbocycles. The first-order valence-corrected chi connectivity index (χ1v) is 12.3. The Morgan fingerprint density at radius 1 is 0.758 bits per heavy atom. The second-order valence-corrected chi connectivity index (χ2v) is 9.61. The molecule has 0 bridgehead atoms. The van der Waals surface area contributed by atoms with Gasteiger partial charge in [0.25, 0.3) is 0 Å². The molecule has 0 saturated heterocycles. The summed E-state index contributed by atoms with van der Waals surface area (Å²) in [5.41, 5.74) is 2.10. The summed E-state index contributed by atoms with van der Waals surface area (Å²) in [4.78, 5) is 0. The van der Waals surface area contributed by atoms with E-state index in [0.717, 1.165) is 23.4 Å². The van der Waals surface area contributed by atoms with Crippen LogP contribution in [0.5, 0.6) is 0 Å². The average molecular weight is 457 g/mol. The van der Waals surface area contributed by atoms with Gasteiger partial charge in [-0.1, -0.05) is 62.9 Å². The van der Waals surface area contributed by atoms with Gasteiger partial charge in [0.2, 0.25) is 0 Å². The summed E-state index contributed by atoms with van der Waals surface area (Å²) in [5.74, 6) is -2.80. The van der Waals surface area contributed by atoms with Gasteiger partial charge < -0.3 is 0 Å². The first-order valence-electron chi connectivity index (χ1n) is 12.3. The van der Waals surface area contributed by atoms with Crippen molar-refractivity contribution in [2.45, 2.75) is 77.0 Å². The Labute approximate surface area is 194 Å². The number of unbranched alkanes of at least 4 members (excludes halogenated alkanes) is 2. The predicted molar refractivity (Wildman–Crippen MR) is 126 cm³/mol. The Morgan fingerprint density at radius 2 is 1.48 bits per heavy atom. The van der Waals surface area contributed by atoms with Crippen molar-refractivity contribution in [3.05, 3.63) is 82.4 Å². The third kappa shape index (κ3) is 5.59. The van der Waals surface area contributed by atoms with Crippen LogP contribution in [0.3, 0.4) is 0 Å². The fourth-order valence-electron chi connectivity index (χ4n) is 5.30. The van der Waals surface area contributed by atoms with E-state index in [9.17, 15) is 13.2 Å². The lowest BCUT2D eigenvalue weighted by molar-refractivity contribution is 0.303. The maximum Gasteiger partial charge on any atom is 0.194 e. The second-order valence-electron chi connectivity index (χ2n) is 9.61. The molecule has 3 aromatic carbocycles. The third-order valence-corrected chi connectivity index (χ3v) is 7.32. The van der Waals surface area contributed by atoms with Crippen LogP contribution in [0.15, 0.2) is 42.5 Å². The summed E-state index contributed by atoms with van der Waals surface area (Å²) >= 11 is 0. The highest BCUT2D eigenvalue weighted by Gasteiger charge is 2.22. The molecular formula is C29H32F4. The van der Waals surface area contributed by atoms with Crippen molar-refractivity contribution in [3.8, 4) is 0 Å². The summed E-state index contributed by atoms with van der Waals surface area (Å²) in [6.45, 7) is 2.25. The molecule has 4 heteroatoms. The molecule has 0 aromatic heterocycles. The van der Waals surface area contributed by atoms with Crippen molar-refractivity contribution in [1.29, 1.82) is 0 Å². The number of fused-ring (bicyclic) bond motifs is 1. The van der Waals surface area contributed by atoms with Crippen molar-refractivity contribution in [3.63, 3.8) is 0 Å². The number of hydrogen-bond acceptors (Lipinski definition) is 0. The fourth-order valence-corrected chi connectivity index (χ4v) is 5.30. The predicted octanol–water partition coefficient (Wildman–Crippen LogP) is 9.04. The van der Waals surface area contributed by atoms with Crippen LogP contribution in [-0.2, 0) is 12.8 Å². The van der Waals surface area contributed by atoms with E-state index in [1.54, 1.807) is 6.07 Å². The first kappa shape index (κ1) is 23.8. The van der Waals surface area contributed by atoms with E-state index in [0.29, 0.717) is 22.4 Å². The molecule has 33 heavy (non-hydrogen) atoms. The molecule has 1 aliphatic carbocycles. The molecule has 0 amide bonds. The third-order valence-electron chi connectivity index (χ3n) is 7.32. The van der Waals surface area contributed by atoms with Crippen LogP contribution in [0.2, 0.25) is 0 Å². The van der Waals surface area contributed by atoms with E-state index in [1.807, 2.05) is 12.1 Å². The quantitative estimate of drug-likeness (QED) is 0.180. The van der Waals surface area contributed by atoms with Crippen molar-refractivity contribution < 1.29 is 17.6 Å². The molecule has 3 aromatic rings. The van der Waals surface area contributed by atoms with Gasteiger partial charge in [-0.3, -0.25) is 0 Å². The van der Waals surface area contributed by atoms with Crippen LogP contribution in [0.1, 0.15) is 80.9 Å². The molecule has 0 spiro atoms. The number of hydrogen-bond donors (Lipinski definition) is 0. The maximum absolute atomic E-state index is 15.2. The maximum atomic E-state index is 15.2. The Bertz CT molecular complexity index is 1070. The van der Waals surface area contributed by atoms with Crippen molar-refractivity contribution in [2.24, 2.45) is 5.92 Å². The topological polar surface area (TPSA) is 0 Å². The van der Waals surface area contributed by atoms with Gasteiger partial charge in [0.15, 0.2) is 17.5 Å². The van der Waals surface area contributed by atoms with Crippen molar-refractivity contribution in [2.75, 3.05) is 0 Å². The van der Waals surface area contributed by atoms with Crippen LogP contribution in [-0.4, -0.2) is 0 Å². The van der Waals surface area contributed by atoms with Gasteiger partial charge in [-0.05, 0) is 84.6 Å². The van der Waals surface area contributed by atoms with Crippen LogP contribution in [0.25, 0.3) is 10.8 Å². The highest BCUT2D eigenvalue weighted by Crippen LogP contribution is 2.39. The minimum absolute atomic E-state index is 0.232. The SMILES string of the molecule is CCCCC[C@H]1CC[C@H](c2ccc3c(F)c(CCc4cc(F)c(F)c(F)c4)ccc3c2)CC1. The molecular weight excluding hydrogens is 424 g/mol. The largest absolute Gasteiger partial charge is 0.206 e. The monoisotopic (exact) mass is 456 g/mol. The average Bonchev–Trinajstić information content (AvgIpc) is 2.82. The number of benzene rings is 3. The minimum atomic E-state index is -1.48. The smallest absolute Gasteiger partial charge is 0.194 e. The van der Waals surface area contributed by atoms with E-state index in [1.165, 1.54) is 56.9 Å². The summed E-state index contributed by atoms with van der Waals surface area (Å²) in [7, 11) is 0. The number of rotatable bonds is 8. The normalized spacial score (nSPS) is 18.7. The zero-order valence-electron chi connectivity index (χ0n) is 19.3. The van der Waals surface area contributed by atoms with E-state index in [2.05, 4.69) is 19.1 Å². The molecule has 0 radical (unpaired) electrons. The number of halogens is 4. The Kier molecular flexibility index (Phi) is 7.72. The van der Waals surface area contributed by atoms with E-state index >= 15 is 4.39 Å². The molecule has 0 heterocycles. The van der Waals surface area contributed by atoms with E-state index in [4.69, 9.17) is 0 Å². The number of aryl methyl sites for hydroxylation is 2. The Balaban J connectivity index is 1.42.